The average molecular weight is 267 g/mol. The average Bonchev–Trinajstić information content (AvgIpc) is 2.37. The van der Waals surface area contributed by atoms with E-state index in [4.69, 9.17) is 19.9 Å². The maximum absolute atomic E-state index is 6.18. The van der Waals surface area contributed by atoms with Crippen LogP contribution in [0.15, 0.2) is 12.1 Å². The Hall–Kier alpha value is -1.42. The second-order valence-corrected chi connectivity index (χ2v) is 5.10. The molecule has 0 saturated carbocycles. The highest BCUT2D eigenvalue weighted by Crippen LogP contribution is 2.35. The smallest absolute Gasteiger partial charge is 0.129 e. The molecule has 1 aromatic rings. The summed E-state index contributed by atoms with van der Waals surface area (Å²) in [6.07, 6.45) is 1.70. The monoisotopic (exact) mass is 267 g/mol. The molecule has 4 nitrogen and oxygen atoms in total. The maximum atomic E-state index is 6.18. The summed E-state index contributed by atoms with van der Waals surface area (Å²) in [5.41, 5.74) is 7.18. The number of benzene rings is 1. The SMILES string of the molecule is COc1cc(OC)c(CC(N)CC(C)C)c(OC)c1. The molecule has 1 aromatic carbocycles. The molecule has 0 amide bonds. The van der Waals surface area contributed by atoms with Crippen LogP contribution in [-0.4, -0.2) is 27.4 Å². The zero-order valence-corrected chi connectivity index (χ0v) is 12.5. The Balaban J connectivity index is 3.03. The Labute approximate surface area is 115 Å². The van der Waals surface area contributed by atoms with E-state index in [1.165, 1.54) is 0 Å². The molecule has 0 aromatic heterocycles. The van der Waals surface area contributed by atoms with Crippen molar-refractivity contribution < 1.29 is 14.2 Å². The summed E-state index contributed by atoms with van der Waals surface area (Å²) in [6.45, 7) is 4.34. The molecule has 0 radical (unpaired) electrons. The van der Waals surface area contributed by atoms with Gasteiger partial charge in [-0.25, -0.2) is 0 Å². The third-order valence-electron chi connectivity index (χ3n) is 3.06. The van der Waals surface area contributed by atoms with Crippen molar-refractivity contribution in [3.63, 3.8) is 0 Å². The molecular formula is C15H25NO3. The first-order valence-corrected chi connectivity index (χ1v) is 6.56. The zero-order valence-electron chi connectivity index (χ0n) is 12.5. The summed E-state index contributed by atoms with van der Waals surface area (Å²) in [7, 11) is 4.91. The molecule has 0 aliphatic carbocycles. The second kappa shape index (κ2) is 7.24. The Morgan fingerprint density at radius 2 is 1.53 bits per heavy atom. The lowest BCUT2D eigenvalue weighted by molar-refractivity contribution is 0.364. The van der Waals surface area contributed by atoms with Crippen molar-refractivity contribution in [2.24, 2.45) is 11.7 Å². The van der Waals surface area contributed by atoms with Crippen molar-refractivity contribution in [3.05, 3.63) is 17.7 Å². The minimum Gasteiger partial charge on any atom is -0.496 e. The van der Waals surface area contributed by atoms with E-state index in [1.54, 1.807) is 21.3 Å². The van der Waals surface area contributed by atoms with Crippen LogP contribution in [-0.2, 0) is 6.42 Å². The van der Waals surface area contributed by atoms with Crippen LogP contribution >= 0.6 is 0 Å². The molecule has 1 unspecified atom stereocenters. The molecule has 1 rings (SSSR count). The highest BCUT2D eigenvalue weighted by Gasteiger charge is 2.16. The fraction of sp³-hybridized carbons (Fsp3) is 0.600. The van der Waals surface area contributed by atoms with Gasteiger partial charge in [0.1, 0.15) is 17.2 Å². The first-order chi connectivity index (χ1) is 9.01. The van der Waals surface area contributed by atoms with Crippen LogP contribution in [0.3, 0.4) is 0 Å². The lowest BCUT2D eigenvalue weighted by atomic mass is 9.97. The standard InChI is InChI=1S/C15H25NO3/c1-10(2)6-11(16)7-13-14(18-4)8-12(17-3)9-15(13)19-5/h8-11H,6-7,16H2,1-5H3. The fourth-order valence-electron chi connectivity index (χ4n) is 2.23. The van der Waals surface area contributed by atoms with Crippen LogP contribution < -0.4 is 19.9 Å². The van der Waals surface area contributed by atoms with Gasteiger partial charge in [-0.05, 0) is 18.8 Å². The molecule has 1 atom stereocenters. The predicted molar refractivity (Wildman–Crippen MR) is 77.2 cm³/mol. The second-order valence-electron chi connectivity index (χ2n) is 5.10. The van der Waals surface area contributed by atoms with Crippen LogP contribution in [0.5, 0.6) is 17.2 Å². The molecule has 0 aliphatic heterocycles. The van der Waals surface area contributed by atoms with Crippen molar-refractivity contribution in [2.45, 2.75) is 32.7 Å². The predicted octanol–water partition coefficient (Wildman–Crippen LogP) is 2.63. The summed E-state index contributed by atoms with van der Waals surface area (Å²) in [5.74, 6) is 2.81. The van der Waals surface area contributed by atoms with E-state index >= 15 is 0 Å². The largest absolute Gasteiger partial charge is 0.496 e. The normalized spacial score (nSPS) is 12.4. The molecule has 4 heteroatoms. The molecule has 0 fully saturated rings. The number of hydrogen-bond acceptors (Lipinski definition) is 4. The maximum Gasteiger partial charge on any atom is 0.129 e. The van der Waals surface area contributed by atoms with Gasteiger partial charge < -0.3 is 19.9 Å². The molecule has 108 valence electrons. The van der Waals surface area contributed by atoms with E-state index < -0.39 is 0 Å². The molecule has 0 heterocycles. The van der Waals surface area contributed by atoms with E-state index in [2.05, 4.69) is 13.8 Å². The molecule has 0 saturated heterocycles. The first-order valence-electron chi connectivity index (χ1n) is 6.56. The number of methoxy groups -OCH3 is 3. The zero-order chi connectivity index (χ0) is 14.4. The van der Waals surface area contributed by atoms with Crippen molar-refractivity contribution in [3.8, 4) is 17.2 Å². The van der Waals surface area contributed by atoms with Gasteiger partial charge in [0.2, 0.25) is 0 Å². The van der Waals surface area contributed by atoms with Crippen LogP contribution in [0.4, 0.5) is 0 Å². The van der Waals surface area contributed by atoms with Gasteiger partial charge in [0.05, 0.1) is 21.3 Å². The van der Waals surface area contributed by atoms with Gasteiger partial charge in [-0.1, -0.05) is 13.8 Å². The van der Waals surface area contributed by atoms with Gasteiger partial charge in [-0.3, -0.25) is 0 Å². The Kier molecular flexibility index (Phi) is 5.96. The minimum absolute atomic E-state index is 0.0937. The van der Waals surface area contributed by atoms with Gasteiger partial charge >= 0.3 is 0 Å². The van der Waals surface area contributed by atoms with Crippen LogP contribution in [0.2, 0.25) is 0 Å². The summed E-state index contributed by atoms with van der Waals surface area (Å²) in [6, 6.07) is 3.82. The molecule has 0 bridgehead atoms. The Morgan fingerprint density at radius 1 is 1.00 bits per heavy atom. The topological polar surface area (TPSA) is 53.7 Å². The number of rotatable bonds is 7. The van der Waals surface area contributed by atoms with Gasteiger partial charge in [-0.15, -0.1) is 0 Å². The van der Waals surface area contributed by atoms with E-state index in [-0.39, 0.29) is 6.04 Å². The van der Waals surface area contributed by atoms with Crippen molar-refractivity contribution in [1.29, 1.82) is 0 Å². The lowest BCUT2D eigenvalue weighted by Gasteiger charge is -2.19. The summed E-state index contributed by atoms with van der Waals surface area (Å²) in [5, 5.41) is 0. The number of ether oxygens (including phenoxy) is 3. The summed E-state index contributed by atoms with van der Waals surface area (Å²) in [4.78, 5) is 0. The molecule has 0 aliphatic rings. The third-order valence-corrected chi connectivity index (χ3v) is 3.06. The Bertz CT molecular complexity index is 379. The van der Waals surface area contributed by atoms with Crippen LogP contribution in [0.1, 0.15) is 25.8 Å². The van der Waals surface area contributed by atoms with Gasteiger partial charge in [0, 0.05) is 23.7 Å². The first kappa shape index (κ1) is 15.6. The van der Waals surface area contributed by atoms with E-state index in [0.717, 1.165) is 35.7 Å². The molecular weight excluding hydrogens is 242 g/mol. The molecule has 19 heavy (non-hydrogen) atoms. The number of nitrogens with two attached hydrogens (primary N) is 1. The highest BCUT2D eigenvalue weighted by atomic mass is 16.5. The van der Waals surface area contributed by atoms with Crippen LogP contribution in [0, 0.1) is 5.92 Å². The van der Waals surface area contributed by atoms with Crippen LogP contribution in [0.25, 0.3) is 0 Å². The summed E-state index contributed by atoms with van der Waals surface area (Å²) >= 11 is 0. The van der Waals surface area contributed by atoms with Crippen molar-refractivity contribution in [1.82, 2.24) is 0 Å². The fourth-order valence-corrected chi connectivity index (χ4v) is 2.23. The Morgan fingerprint density at radius 3 is 1.89 bits per heavy atom. The van der Waals surface area contributed by atoms with Gasteiger partial charge in [0.25, 0.3) is 0 Å². The molecule has 2 N–H and O–H groups in total. The van der Waals surface area contributed by atoms with E-state index in [9.17, 15) is 0 Å². The van der Waals surface area contributed by atoms with Gasteiger partial charge in [-0.2, -0.15) is 0 Å². The summed E-state index contributed by atoms with van der Waals surface area (Å²) < 4.78 is 16.1. The number of hydrogen-bond donors (Lipinski definition) is 1. The van der Waals surface area contributed by atoms with E-state index in [1.807, 2.05) is 12.1 Å². The third kappa shape index (κ3) is 4.31. The van der Waals surface area contributed by atoms with E-state index in [0.29, 0.717) is 5.92 Å². The van der Waals surface area contributed by atoms with Gasteiger partial charge in [0.15, 0.2) is 0 Å². The minimum atomic E-state index is 0.0937. The quantitative estimate of drug-likeness (QED) is 0.825. The van der Waals surface area contributed by atoms with Crippen molar-refractivity contribution in [2.75, 3.05) is 21.3 Å². The highest BCUT2D eigenvalue weighted by molar-refractivity contribution is 5.51. The lowest BCUT2D eigenvalue weighted by Crippen LogP contribution is -2.25. The molecule has 0 spiro atoms. The van der Waals surface area contributed by atoms with Crippen molar-refractivity contribution >= 4 is 0 Å².